The number of hydrogen-bond donors (Lipinski definition) is 0. The highest BCUT2D eigenvalue weighted by Gasteiger charge is 2.27. The van der Waals surface area contributed by atoms with Crippen molar-refractivity contribution in [3.05, 3.63) is 90.9 Å². The van der Waals surface area contributed by atoms with Crippen LogP contribution in [0.15, 0.2) is 85.3 Å². The lowest BCUT2D eigenvalue weighted by Crippen LogP contribution is -2.28. The topological polar surface area (TPSA) is 73.3 Å². The number of Topliss-reactive ketones (excluding diaryl/α,β-unsaturated/α-hetero) is 2. The van der Waals surface area contributed by atoms with Gasteiger partial charge in [-0.15, -0.1) is 0 Å². The number of esters is 1. The van der Waals surface area contributed by atoms with E-state index in [1.165, 1.54) is 0 Å². The number of nitrogens with zero attached hydrogens (tertiary/aromatic N) is 1. The van der Waals surface area contributed by atoms with E-state index in [1.54, 1.807) is 31.5 Å². The molecule has 41 heavy (non-hydrogen) atoms. The molecule has 1 rings (SSSR count). The zero-order valence-electron chi connectivity index (χ0n) is 25.7. The third kappa shape index (κ3) is 18.6. The number of unbranched alkanes of at least 4 members (excludes halogenated alkanes) is 1. The number of pyridine rings is 1. The van der Waals surface area contributed by atoms with Gasteiger partial charge >= 0.3 is 5.97 Å². The third-order valence-electron chi connectivity index (χ3n) is 6.62. The molecule has 1 aromatic heterocycles. The van der Waals surface area contributed by atoms with Gasteiger partial charge in [-0.05, 0) is 76.3 Å². The van der Waals surface area contributed by atoms with Gasteiger partial charge in [0.15, 0.2) is 5.78 Å². The summed E-state index contributed by atoms with van der Waals surface area (Å²) in [6, 6.07) is 3.46. The Labute approximate surface area is 248 Å². The fourth-order valence-electron chi connectivity index (χ4n) is 4.08. The van der Waals surface area contributed by atoms with Gasteiger partial charge in [0.2, 0.25) is 0 Å². The summed E-state index contributed by atoms with van der Waals surface area (Å²) in [6.45, 7) is 7.81. The maximum absolute atomic E-state index is 12.8. The lowest BCUT2D eigenvalue weighted by molar-refractivity contribution is -0.156. The highest BCUT2D eigenvalue weighted by Crippen LogP contribution is 2.21. The van der Waals surface area contributed by atoms with Crippen LogP contribution in [0.5, 0.6) is 0 Å². The third-order valence-corrected chi connectivity index (χ3v) is 6.62. The summed E-state index contributed by atoms with van der Waals surface area (Å²) in [6.07, 6.45) is 32.4. The van der Waals surface area contributed by atoms with Crippen molar-refractivity contribution in [3.8, 4) is 0 Å². The Kier molecular flexibility index (Phi) is 20.3. The Morgan fingerprint density at radius 3 is 1.95 bits per heavy atom. The van der Waals surface area contributed by atoms with E-state index in [4.69, 9.17) is 4.74 Å². The molecular formula is C36H51NO4. The Bertz CT molecular complexity index is 1020. The number of carbonyl (C=O) groups is 3. The van der Waals surface area contributed by atoms with Crippen LogP contribution in [0, 0.1) is 11.8 Å². The first-order valence-corrected chi connectivity index (χ1v) is 15.3. The van der Waals surface area contributed by atoms with Gasteiger partial charge in [-0.3, -0.25) is 19.4 Å². The van der Waals surface area contributed by atoms with Crippen molar-refractivity contribution < 1.29 is 19.1 Å². The van der Waals surface area contributed by atoms with E-state index in [-0.39, 0.29) is 36.3 Å². The van der Waals surface area contributed by atoms with Gasteiger partial charge in [-0.1, -0.05) is 81.5 Å². The minimum atomic E-state index is -0.465. The number of carbonyl (C=O) groups excluding carboxylic acids is 3. The minimum absolute atomic E-state index is 0.00152. The van der Waals surface area contributed by atoms with E-state index >= 15 is 0 Å². The Morgan fingerprint density at radius 1 is 0.829 bits per heavy atom. The average Bonchev–Trinajstić information content (AvgIpc) is 2.96. The van der Waals surface area contributed by atoms with Crippen LogP contribution in [0.4, 0.5) is 0 Å². The number of hydrogen-bond acceptors (Lipinski definition) is 5. The van der Waals surface area contributed by atoms with E-state index in [9.17, 15) is 14.4 Å². The zero-order chi connectivity index (χ0) is 30.1. The first kappa shape index (κ1) is 35.7. The second kappa shape index (κ2) is 23.4. The first-order chi connectivity index (χ1) is 19.8. The Morgan fingerprint density at radius 2 is 1.41 bits per heavy atom. The molecule has 224 valence electrons. The molecule has 0 aliphatic carbocycles. The summed E-state index contributed by atoms with van der Waals surface area (Å²) in [7, 11) is 0. The van der Waals surface area contributed by atoms with Crippen LogP contribution in [-0.4, -0.2) is 28.6 Å². The predicted molar refractivity (Wildman–Crippen MR) is 170 cm³/mol. The first-order valence-electron chi connectivity index (χ1n) is 15.3. The summed E-state index contributed by atoms with van der Waals surface area (Å²) in [5, 5.41) is 0. The van der Waals surface area contributed by atoms with Crippen molar-refractivity contribution in [2.24, 2.45) is 11.8 Å². The number of rotatable bonds is 22. The number of ketones is 2. The molecule has 5 nitrogen and oxygen atoms in total. The zero-order valence-corrected chi connectivity index (χ0v) is 25.7. The summed E-state index contributed by atoms with van der Waals surface area (Å²) in [5.41, 5.74) is 0.557. The van der Waals surface area contributed by atoms with Gasteiger partial charge in [0, 0.05) is 37.2 Å². The van der Waals surface area contributed by atoms with Crippen LogP contribution in [0.3, 0.4) is 0 Å². The molecule has 0 aliphatic heterocycles. The minimum Gasteiger partial charge on any atom is -0.462 e. The van der Waals surface area contributed by atoms with E-state index in [0.29, 0.717) is 18.4 Å². The van der Waals surface area contributed by atoms with Crippen LogP contribution in [0.25, 0.3) is 0 Å². The summed E-state index contributed by atoms with van der Waals surface area (Å²) >= 11 is 0. The van der Waals surface area contributed by atoms with Crippen molar-refractivity contribution in [1.29, 1.82) is 0 Å². The Balaban J connectivity index is 2.23. The Hall–Kier alpha value is -3.34. The molecule has 0 saturated carbocycles. The van der Waals surface area contributed by atoms with Crippen molar-refractivity contribution in [2.75, 3.05) is 0 Å². The highest BCUT2D eigenvalue weighted by molar-refractivity contribution is 5.95. The maximum atomic E-state index is 12.8. The van der Waals surface area contributed by atoms with Gasteiger partial charge in [0.1, 0.15) is 5.78 Å². The number of ether oxygens (including phenoxy) is 1. The highest BCUT2D eigenvalue weighted by atomic mass is 16.5. The molecule has 0 aliphatic rings. The lowest BCUT2D eigenvalue weighted by Gasteiger charge is -2.21. The molecule has 0 amide bonds. The van der Waals surface area contributed by atoms with Crippen molar-refractivity contribution in [3.63, 3.8) is 0 Å². The molecule has 0 fully saturated rings. The van der Waals surface area contributed by atoms with Crippen LogP contribution in [0.2, 0.25) is 0 Å². The lowest BCUT2D eigenvalue weighted by atomic mass is 9.89. The molecule has 0 bridgehead atoms. The van der Waals surface area contributed by atoms with Crippen LogP contribution < -0.4 is 0 Å². The maximum Gasteiger partial charge on any atom is 0.309 e. The second-order valence-electron chi connectivity index (χ2n) is 10.6. The summed E-state index contributed by atoms with van der Waals surface area (Å²) in [4.78, 5) is 41.6. The van der Waals surface area contributed by atoms with Crippen LogP contribution >= 0.6 is 0 Å². The van der Waals surface area contributed by atoms with E-state index < -0.39 is 12.0 Å². The standard InChI is InChI=1S/C36H51NO4/c1-5-6-7-8-9-10-11-12-13-14-15-16-17-18-19-20-21-24-33(38)28-34(30(2)3)36(40)41-31(4)25-26-35(39)32-23-22-27-37-29-32/h6-7,9-10,12-13,15-16,18-19,22-23,27,29-31,34H,5,8,11,14,17,20-21,24-26,28H2,1-4H3/b7-6-,10-9-,13-12-,16-15-,19-18-/t31-,34+/m1/s1. The molecule has 1 heterocycles. The fraction of sp³-hybridized carbons (Fsp3) is 0.500. The van der Waals surface area contributed by atoms with Gasteiger partial charge in [-0.25, -0.2) is 0 Å². The average molecular weight is 562 g/mol. The van der Waals surface area contributed by atoms with Gasteiger partial charge < -0.3 is 4.74 Å². The number of aromatic nitrogens is 1. The second-order valence-corrected chi connectivity index (χ2v) is 10.6. The molecule has 1 aromatic rings. The molecular weight excluding hydrogens is 510 g/mol. The SMILES string of the molecule is CC/C=C\C/C=C\C/C=C\C/C=C\C/C=C\CCCC(=O)C[C@H](C(=O)O[C@H](C)CCC(=O)c1cccnc1)C(C)C. The van der Waals surface area contributed by atoms with E-state index in [2.05, 4.69) is 72.7 Å². The van der Waals surface area contributed by atoms with Gasteiger partial charge in [0.25, 0.3) is 0 Å². The fourth-order valence-corrected chi connectivity index (χ4v) is 4.08. The van der Waals surface area contributed by atoms with Crippen LogP contribution in [0.1, 0.15) is 109 Å². The monoisotopic (exact) mass is 561 g/mol. The van der Waals surface area contributed by atoms with Gasteiger partial charge in [-0.2, -0.15) is 0 Å². The van der Waals surface area contributed by atoms with Crippen molar-refractivity contribution >= 4 is 17.5 Å². The number of allylic oxidation sites excluding steroid dienone is 10. The molecule has 2 atom stereocenters. The smallest absolute Gasteiger partial charge is 0.309 e. The van der Waals surface area contributed by atoms with Gasteiger partial charge in [0.05, 0.1) is 12.0 Å². The molecule has 0 unspecified atom stereocenters. The molecule has 0 N–H and O–H groups in total. The summed E-state index contributed by atoms with van der Waals surface area (Å²) < 4.78 is 5.61. The molecule has 0 saturated heterocycles. The summed E-state index contributed by atoms with van der Waals surface area (Å²) in [5.74, 6) is -0.752. The quantitative estimate of drug-likeness (QED) is 0.0611. The van der Waals surface area contributed by atoms with E-state index in [0.717, 1.165) is 44.9 Å². The van der Waals surface area contributed by atoms with Crippen molar-refractivity contribution in [1.82, 2.24) is 4.98 Å². The van der Waals surface area contributed by atoms with Crippen LogP contribution in [-0.2, 0) is 14.3 Å². The molecule has 0 radical (unpaired) electrons. The van der Waals surface area contributed by atoms with Crippen molar-refractivity contribution in [2.45, 2.75) is 104 Å². The molecule has 0 aromatic carbocycles. The largest absolute Gasteiger partial charge is 0.462 e. The van der Waals surface area contributed by atoms with E-state index in [1.807, 2.05) is 13.8 Å². The molecule has 5 heteroatoms. The normalized spacial score (nSPS) is 13.8. The predicted octanol–water partition coefficient (Wildman–Crippen LogP) is 9.13. The molecule has 0 spiro atoms.